The maximum atomic E-state index is 14.7. The molecule has 2 aromatic carbocycles. The van der Waals surface area contributed by atoms with Crippen molar-refractivity contribution in [3.05, 3.63) is 42.2 Å². The van der Waals surface area contributed by atoms with Gasteiger partial charge in [0.1, 0.15) is 24.2 Å². The Morgan fingerprint density at radius 2 is 1.84 bits per heavy atom. The average Bonchev–Trinajstić information content (AvgIpc) is 2.82. The van der Waals surface area contributed by atoms with Crippen molar-refractivity contribution in [2.45, 2.75) is 26.8 Å². The van der Waals surface area contributed by atoms with Gasteiger partial charge < -0.3 is 19.9 Å². The molecule has 2 aromatic rings. The lowest BCUT2D eigenvalue weighted by Crippen LogP contribution is -2.55. The zero-order valence-electron chi connectivity index (χ0n) is 18.1. The number of fused-ring (bicyclic) bond motifs is 3. The normalized spacial score (nSPS) is 19.8. The molecule has 31 heavy (non-hydrogen) atoms. The minimum atomic E-state index is -0.402. The first kappa shape index (κ1) is 21.1. The van der Waals surface area contributed by atoms with E-state index >= 15 is 0 Å². The quantitative estimate of drug-likeness (QED) is 0.774. The summed E-state index contributed by atoms with van der Waals surface area (Å²) in [4.78, 5) is 16.4. The van der Waals surface area contributed by atoms with Crippen molar-refractivity contribution in [1.29, 1.82) is 0 Å². The van der Waals surface area contributed by atoms with E-state index in [2.05, 4.69) is 20.7 Å². The van der Waals surface area contributed by atoms with Gasteiger partial charge >= 0.3 is 0 Å². The van der Waals surface area contributed by atoms with Gasteiger partial charge in [0.05, 0.1) is 5.69 Å². The second-order valence-electron chi connectivity index (χ2n) is 7.39. The van der Waals surface area contributed by atoms with Crippen LogP contribution in [0.2, 0.25) is 0 Å². The highest BCUT2D eigenvalue weighted by molar-refractivity contribution is 6.10. The fourth-order valence-electron chi connectivity index (χ4n) is 4.12. The molecule has 7 nitrogen and oxygen atoms in total. The van der Waals surface area contributed by atoms with Crippen LogP contribution in [0.25, 0.3) is 11.1 Å². The zero-order valence-corrected chi connectivity index (χ0v) is 18.1. The van der Waals surface area contributed by atoms with E-state index in [0.29, 0.717) is 17.1 Å². The molecule has 1 fully saturated rings. The highest BCUT2D eigenvalue weighted by atomic mass is 19.1. The van der Waals surface area contributed by atoms with Crippen LogP contribution in [-0.4, -0.2) is 50.6 Å². The van der Waals surface area contributed by atoms with E-state index in [4.69, 9.17) is 4.74 Å². The summed E-state index contributed by atoms with van der Waals surface area (Å²) in [5.74, 6) is 0.855. The molecular weight excluding hydrogens is 397 g/mol. The monoisotopic (exact) mass is 425 g/mol. The standard InChI is InChI=1S/C21H22FN5O2.C2H6/c1-13-21(28)25-24-20-12-29-19-10-15(14-4-2-3-5-16(14)22)17(11-18(19)27(13)20)26-8-6-23-7-9-26;1-2/h2-5,10-11,13,23H,6-9,12H2,1H3,(H,25,28);1-2H3/t13-;/m1./s1. The Balaban J connectivity index is 0.00000112. The number of nitrogens with one attached hydrogen (secondary N) is 2. The number of ether oxygens (including phenoxy) is 1. The van der Waals surface area contributed by atoms with Crippen LogP contribution in [-0.2, 0) is 4.79 Å². The molecule has 0 aromatic heterocycles. The minimum absolute atomic E-state index is 0.163. The number of anilines is 2. The van der Waals surface area contributed by atoms with E-state index in [1.165, 1.54) is 6.07 Å². The smallest absolute Gasteiger partial charge is 0.262 e. The van der Waals surface area contributed by atoms with E-state index in [1.807, 2.05) is 43.9 Å². The molecule has 0 saturated carbocycles. The zero-order chi connectivity index (χ0) is 22.0. The molecule has 0 bridgehead atoms. The fourth-order valence-corrected chi connectivity index (χ4v) is 4.12. The highest BCUT2D eigenvalue weighted by Gasteiger charge is 2.36. The average molecular weight is 426 g/mol. The number of carbonyl (C=O) groups is 1. The van der Waals surface area contributed by atoms with Crippen LogP contribution in [0.15, 0.2) is 41.5 Å². The Hall–Kier alpha value is -3.13. The summed E-state index contributed by atoms with van der Waals surface area (Å²) in [6.07, 6.45) is 0. The van der Waals surface area contributed by atoms with E-state index in [9.17, 15) is 9.18 Å². The summed E-state index contributed by atoms with van der Waals surface area (Å²) in [6.45, 7) is 9.45. The number of hydrogen-bond acceptors (Lipinski definition) is 6. The van der Waals surface area contributed by atoms with Crippen LogP contribution in [0.5, 0.6) is 5.75 Å². The van der Waals surface area contributed by atoms with Crippen molar-refractivity contribution in [3.63, 3.8) is 0 Å². The number of halogens is 1. The lowest BCUT2D eigenvalue weighted by Gasteiger charge is -2.39. The van der Waals surface area contributed by atoms with Gasteiger partial charge in [-0.25, -0.2) is 9.82 Å². The summed E-state index contributed by atoms with van der Waals surface area (Å²) < 4.78 is 20.6. The first-order valence-electron chi connectivity index (χ1n) is 10.8. The van der Waals surface area contributed by atoms with E-state index < -0.39 is 6.04 Å². The first-order chi connectivity index (χ1) is 15.1. The molecule has 3 aliphatic rings. The van der Waals surface area contributed by atoms with Crippen LogP contribution in [0.1, 0.15) is 20.8 Å². The molecule has 2 N–H and O–H groups in total. The molecule has 3 heterocycles. The van der Waals surface area contributed by atoms with Crippen LogP contribution in [0.4, 0.5) is 15.8 Å². The number of carbonyl (C=O) groups excluding carboxylic acids is 1. The molecule has 1 saturated heterocycles. The Labute approximate surface area is 181 Å². The molecule has 8 heteroatoms. The fraction of sp³-hybridized carbons (Fsp3) is 0.391. The predicted octanol–water partition coefficient (Wildman–Crippen LogP) is 2.96. The summed E-state index contributed by atoms with van der Waals surface area (Å²) in [5, 5.41) is 7.51. The van der Waals surface area contributed by atoms with Crippen molar-refractivity contribution in [3.8, 4) is 16.9 Å². The van der Waals surface area contributed by atoms with Gasteiger partial charge in [-0.15, -0.1) is 0 Å². The number of amidine groups is 1. The lowest BCUT2D eigenvalue weighted by atomic mass is 9.99. The predicted molar refractivity (Wildman–Crippen MR) is 121 cm³/mol. The van der Waals surface area contributed by atoms with E-state index in [1.54, 1.807) is 12.1 Å². The van der Waals surface area contributed by atoms with Crippen molar-refractivity contribution in [2.24, 2.45) is 5.10 Å². The molecule has 3 aliphatic heterocycles. The third kappa shape index (κ3) is 3.83. The van der Waals surface area contributed by atoms with Crippen LogP contribution < -0.4 is 25.3 Å². The molecule has 5 rings (SSSR count). The van der Waals surface area contributed by atoms with Gasteiger partial charge in [-0.3, -0.25) is 4.79 Å². The molecular formula is C23H28FN5O2. The van der Waals surface area contributed by atoms with Gasteiger partial charge in [-0.1, -0.05) is 32.0 Å². The maximum absolute atomic E-state index is 14.7. The topological polar surface area (TPSA) is 69.2 Å². The van der Waals surface area contributed by atoms with Gasteiger partial charge in [0, 0.05) is 43.0 Å². The van der Waals surface area contributed by atoms with E-state index in [-0.39, 0.29) is 18.3 Å². The molecule has 0 radical (unpaired) electrons. The first-order valence-corrected chi connectivity index (χ1v) is 10.8. The second kappa shape index (κ2) is 8.93. The molecule has 0 spiro atoms. The summed E-state index contributed by atoms with van der Waals surface area (Å²) >= 11 is 0. The number of benzene rings is 2. The van der Waals surface area contributed by atoms with E-state index in [0.717, 1.165) is 43.1 Å². The molecule has 0 unspecified atom stereocenters. The van der Waals surface area contributed by atoms with Gasteiger partial charge in [0.2, 0.25) is 0 Å². The number of rotatable bonds is 2. The Morgan fingerprint density at radius 1 is 1.10 bits per heavy atom. The lowest BCUT2D eigenvalue weighted by molar-refractivity contribution is -0.122. The van der Waals surface area contributed by atoms with Crippen molar-refractivity contribution < 1.29 is 13.9 Å². The van der Waals surface area contributed by atoms with Crippen LogP contribution >= 0.6 is 0 Å². The number of amides is 1. The Kier molecular flexibility index (Phi) is 6.08. The van der Waals surface area contributed by atoms with Crippen molar-refractivity contribution in [1.82, 2.24) is 10.7 Å². The molecule has 0 aliphatic carbocycles. The largest absolute Gasteiger partial charge is 0.483 e. The van der Waals surface area contributed by atoms with Crippen LogP contribution in [0, 0.1) is 5.82 Å². The third-order valence-corrected chi connectivity index (χ3v) is 5.66. The van der Waals surface area contributed by atoms with Crippen LogP contribution in [0.3, 0.4) is 0 Å². The Morgan fingerprint density at radius 3 is 2.58 bits per heavy atom. The number of hydrogen-bond donors (Lipinski definition) is 2. The molecule has 1 atom stereocenters. The maximum Gasteiger partial charge on any atom is 0.262 e. The summed E-state index contributed by atoms with van der Waals surface area (Å²) in [5.41, 5.74) is 5.58. The SMILES string of the molecule is CC.C[C@@H]1C(=O)NN=C2COc3cc(-c4ccccc4F)c(N4CCNCC4)cc3N21. The number of hydrazone groups is 1. The third-order valence-electron chi connectivity index (χ3n) is 5.66. The van der Waals surface area contributed by atoms with Gasteiger partial charge in [0.25, 0.3) is 5.91 Å². The van der Waals surface area contributed by atoms with Gasteiger partial charge in [-0.05, 0) is 25.1 Å². The van der Waals surface area contributed by atoms with Gasteiger partial charge in [-0.2, -0.15) is 5.10 Å². The minimum Gasteiger partial charge on any atom is -0.483 e. The molecule has 1 amide bonds. The number of piperazine rings is 1. The summed E-state index contributed by atoms with van der Waals surface area (Å²) in [6, 6.07) is 10.3. The van der Waals surface area contributed by atoms with Crippen molar-refractivity contribution in [2.75, 3.05) is 42.6 Å². The van der Waals surface area contributed by atoms with Gasteiger partial charge in [0.15, 0.2) is 5.84 Å². The summed E-state index contributed by atoms with van der Waals surface area (Å²) in [7, 11) is 0. The van der Waals surface area contributed by atoms with Crippen molar-refractivity contribution >= 4 is 23.1 Å². The highest BCUT2D eigenvalue weighted by Crippen LogP contribution is 2.44. The number of nitrogens with zero attached hydrogens (tertiary/aromatic N) is 3. The molecule has 164 valence electrons. The Bertz CT molecular complexity index is 1000. The second-order valence-corrected chi connectivity index (χ2v) is 7.39.